The average molecular weight is 787 g/mol. The number of ether oxygens (including phenoxy) is 3. The topological polar surface area (TPSA) is 75.2 Å². The maximum atomic E-state index is 14.9. The number of halogens is 1. The molecular weight excluding hydrogens is 716 g/mol. The van der Waals surface area contributed by atoms with E-state index in [-0.39, 0.29) is 27.6 Å². The monoisotopic (exact) mass is 787 g/mol. The van der Waals surface area contributed by atoms with Gasteiger partial charge in [0.1, 0.15) is 24.0 Å². The molecule has 9 rings (SSSR count). The lowest BCUT2D eigenvalue weighted by molar-refractivity contribution is 0.0891. The van der Waals surface area contributed by atoms with Crippen molar-refractivity contribution in [3.63, 3.8) is 0 Å². The highest BCUT2D eigenvalue weighted by atomic mass is 19.1. The first-order valence-corrected chi connectivity index (χ1v) is 21.3. The number of aromatic nitrogens is 2. The summed E-state index contributed by atoms with van der Waals surface area (Å²) in [6.07, 6.45) is 13.5. The highest BCUT2D eigenvalue weighted by Crippen LogP contribution is 2.40. The Hall–Kier alpha value is -3.69. The number of hydrogen-bond donors (Lipinski definition) is 1. The fraction of sp³-hybridized carbons (Fsp3) is 0.638. The number of allylic oxidation sites excluding steroid dienone is 1. The molecule has 0 aliphatic carbocycles. The van der Waals surface area contributed by atoms with Gasteiger partial charge in [0, 0.05) is 68.9 Å². The van der Waals surface area contributed by atoms with E-state index in [0.717, 1.165) is 91.4 Å². The maximum Gasteiger partial charge on any atom is 0.318 e. The fourth-order valence-electron chi connectivity index (χ4n) is 10.4. The largest absolute Gasteiger partial charge is 0.490 e. The van der Waals surface area contributed by atoms with Crippen LogP contribution in [0.1, 0.15) is 111 Å². The molecule has 5 fully saturated rings. The molecule has 57 heavy (non-hydrogen) atoms. The van der Waals surface area contributed by atoms with Crippen LogP contribution in [0.3, 0.4) is 0 Å². The Balaban J connectivity index is 0.000000325. The number of benzene rings is 2. The van der Waals surface area contributed by atoms with Crippen molar-refractivity contribution < 1.29 is 20.0 Å². The molecule has 0 radical (unpaired) electrons. The number of fused-ring (bicyclic) bond motifs is 5. The van der Waals surface area contributed by atoms with E-state index >= 15 is 0 Å². The van der Waals surface area contributed by atoms with Gasteiger partial charge in [-0.2, -0.15) is 9.97 Å². The van der Waals surface area contributed by atoms with E-state index in [4.69, 9.17) is 24.2 Å². The van der Waals surface area contributed by atoms with Crippen molar-refractivity contribution in [1.82, 2.24) is 20.2 Å². The number of nitrogens with one attached hydrogen (secondary N) is 1. The first-order chi connectivity index (χ1) is 27.0. The minimum Gasteiger partial charge on any atom is -0.490 e. The fourth-order valence-corrected chi connectivity index (χ4v) is 10.4. The Morgan fingerprint density at radius 1 is 0.965 bits per heavy atom. The zero-order chi connectivity index (χ0) is 37.8. The number of hydrogen-bond acceptors (Lipinski definition) is 9. The molecule has 9 nitrogen and oxygen atoms in total. The molecule has 6 aliphatic heterocycles. The lowest BCUT2D eigenvalue weighted by atomic mass is 9.95. The van der Waals surface area contributed by atoms with Crippen LogP contribution in [0.5, 0.6) is 6.01 Å². The molecule has 1 N–H and O–H groups in total. The van der Waals surface area contributed by atoms with Gasteiger partial charge in [-0.15, -0.1) is 0 Å². The number of piperazine rings is 1. The van der Waals surface area contributed by atoms with Gasteiger partial charge in [0.2, 0.25) is 0 Å². The summed E-state index contributed by atoms with van der Waals surface area (Å²) in [4.78, 5) is 17.8. The van der Waals surface area contributed by atoms with E-state index in [0.29, 0.717) is 50.2 Å². The summed E-state index contributed by atoms with van der Waals surface area (Å²) in [6, 6.07) is 11.4. The Bertz CT molecular complexity index is 1840. The molecular formula is C47H71FN6O3. The van der Waals surface area contributed by atoms with Crippen LogP contribution < -0.4 is 19.9 Å². The molecule has 2 aromatic carbocycles. The van der Waals surface area contributed by atoms with Crippen molar-refractivity contribution in [1.29, 1.82) is 0 Å². The molecule has 314 valence electrons. The zero-order valence-corrected chi connectivity index (χ0v) is 33.2. The van der Waals surface area contributed by atoms with Gasteiger partial charge in [0.05, 0.1) is 24.4 Å². The summed E-state index contributed by atoms with van der Waals surface area (Å²) in [5, 5.41) is 5.89. The van der Waals surface area contributed by atoms with E-state index < -0.39 is 0 Å². The molecule has 6 aliphatic rings. The van der Waals surface area contributed by atoms with Crippen molar-refractivity contribution in [2.75, 3.05) is 69.0 Å². The van der Waals surface area contributed by atoms with Crippen LogP contribution in [0.25, 0.3) is 10.8 Å². The van der Waals surface area contributed by atoms with Gasteiger partial charge in [-0.1, -0.05) is 58.7 Å². The zero-order valence-electron chi connectivity index (χ0n) is 33.2. The normalized spacial score (nSPS) is 23.7. The lowest BCUT2D eigenvalue weighted by Crippen LogP contribution is -2.52. The molecule has 7 heterocycles. The summed E-state index contributed by atoms with van der Waals surface area (Å²) in [5.41, 5.74) is 7.28. The van der Waals surface area contributed by atoms with Gasteiger partial charge in [-0.3, -0.25) is 4.90 Å². The minimum atomic E-state index is -0.120. The Morgan fingerprint density at radius 3 is 2.49 bits per heavy atom. The van der Waals surface area contributed by atoms with Crippen LogP contribution >= 0.6 is 0 Å². The number of aryl methyl sites for hydroxylation is 1. The van der Waals surface area contributed by atoms with Gasteiger partial charge in [0.15, 0.2) is 0 Å². The summed E-state index contributed by atoms with van der Waals surface area (Å²) in [5.74, 6) is 2.35. The summed E-state index contributed by atoms with van der Waals surface area (Å²) >= 11 is 0. The van der Waals surface area contributed by atoms with Gasteiger partial charge in [0.25, 0.3) is 0 Å². The van der Waals surface area contributed by atoms with Crippen molar-refractivity contribution in [3.05, 3.63) is 71.0 Å². The van der Waals surface area contributed by atoms with Crippen LogP contribution in [0.15, 0.2) is 48.4 Å². The molecule has 0 spiro atoms. The average Bonchev–Trinajstić information content (AvgIpc) is 3.89. The van der Waals surface area contributed by atoms with Crippen molar-refractivity contribution in [2.24, 2.45) is 5.92 Å². The third kappa shape index (κ3) is 9.15. The number of anilines is 2. The van der Waals surface area contributed by atoms with Crippen LogP contribution in [0, 0.1) is 11.7 Å². The van der Waals surface area contributed by atoms with E-state index in [2.05, 4.69) is 50.5 Å². The molecule has 10 heteroatoms. The molecule has 3 unspecified atom stereocenters. The van der Waals surface area contributed by atoms with E-state index in [1.54, 1.807) is 6.07 Å². The third-order valence-electron chi connectivity index (χ3n) is 13.1. The lowest BCUT2D eigenvalue weighted by Gasteiger charge is -2.38. The van der Waals surface area contributed by atoms with Crippen molar-refractivity contribution in [3.8, 4) is 6.01 Å². The summed E-state index contributed by atoms with van der Waals surface area (Å²) in [7, 11) is 0. The maximum absolute atomic E-state index is 14.9. The number of rotatable bonds is 9. The van der Waals surface area contributed by atoms with Crippen LogP contribution in [0.2, 0.25) is 0 Å². The first-order valence-electron chi connectivity index (χ1n) is 21.3. The molecule has 2 bridgehead atoms. The predicted octanol–water partition coefficient (Wildman–Crippen LogP) is 9.26. The van der Waals surface area contributed by atoms with E-state index in [9.17, 15) is 4.39 Å². The quantitative estimate of drug-likeness (QED) is 0.169. The summed E-state index contributed by atoms with van der Waals surface area (Å²) < 4.78 is 32.4. The van der Waals surface area contributed by atoms with E-state index in [1.807, 2.05) is 19.9 Å². The third-order valence-corrected chi connectivity index (χ3v) is 13.1. The van der Waals surface area contributed by atoms with Gasteiger partial charge >= 0.3 is 6.01 Å². The second-order valence-corrected chi connectivity index (χ2v) is 16.5. The van der Waals surface area contributed by atoms with Crippen molar-refractivity contribution in [2.45, 2.75) is 130 Å². The standard InChI is InChI=1S/C33H41FN6O.C12H20O2.2CH4.H2/c1-2-25-27(34)11-8-22-6-3-7-29(30(22)25)38-17-12-26-28(20-38)36-32(41-21-33-13-4-15-40(33)16-5-14-33)37-31(26)39-18-23-9-10-24(19-39)35-23;1-3-12(14-4-2)11-7-5-6-9-13-10-8-11;;;/h3,6-8,11,23-24,35H,2,4-5,9-10,12-21H2,1H3;11H,1,4-10H2,2H3;2*1H4;1H. The highest BCUT2D eigenvalue weighted by Gasteiger charge is 2.45. The Labute approximate surface area is 343 Å². The van der Waals surface area contributed by atoms with Gasteiger partial charge in [-0.25, -0.2) is 4.39 Å². The highest BCUT2D eigenvalue weighted by molar-refractivity contribution is 5.97. The van der Waals surface area contributed by atoms with Crippen molar-refractivity contribution >= 4 is 22.3 Å². The molecule has 0 amide bonds. The molecule has 3 aromatic rings. The summed E-state index contributed by atoms with van der Waals surface area (Å²) in [6.45, 7) is 16.7. The second kappa shape index (κ2) is 19.4. The van der Waals surface area contributed by atoms with Crippen LogP contribution in [-0.4, -0.2) is 91.6 Å². The molecule has 1 aromatic heterocycles. The first kappa shape index (κ1) is 42.9. The van der Waals surface area contributed by atoms with Gasteiger partial charge < -0.3 is 29.3 Å². The predicted molar refractivity (Wildman–Crippen MR) is 233 cm³/mol. The van der Waals surface area contributed by atoms with Crippen LogP contribution in [0.4, 0.5) is 15.9 Å². The molecule has 5 saturated heterocycles. The SMILES string of the molecule is C.C.C=C=C(OCC)C1CCCCOCC1.CCc1c(F)ccc2cccc(N3CCc4c(nc(OCC56CCCN5CCC6)nc4N4CC5CCC(C4)N5)C3)c12.[HH]. The Kier molecular flexibility index (Phi) is 14.6. The number of nitrogens with zero attached hydrogens (tertiary/aromatic N) is 5. The Morgan fingerprint density at radius 2 is 1.75 bits per heavy atom. The van der Waals surface area contributed by atoms with E-state index in [1.165, 1.54) is 70.0 Å². The smallest absolute Gasteiger partial charge is 0.318 e. The second-order valence-electron chi connectivity index (χ2n) is 16.5. The minimum absolute atomic E-state index is 0. The molecule has 0 saturated carbocycles. The van der Waals surface area contributed by atoms with Gasteiger partial charge in [-0.05, 0) is 114 Å². The van der Waals surface area contributed by atoms with Crippen LogP contribution in [-0.2, 0) is 28.9 Å². The molecule has 3 atom stereocenters.